The number of ketones is 1. The first-order valence-corrected chi connectivity index (χ1v) is 10.1. The van der Waals surface area contributed by atoms with Crippen molar-refractivity contribution in [3.05, 3.63) is 35.3 Å². The van der Waals surface area contributed by atoms with Crippen molar-refractivity contribution in [2.75, 3.05) is 12.0 Å². The summed E-state index contributed by atoms with van der Waals surface area (Å²) in [5, 5.41) is 1.72. The molecule has 0 amide bonds. The number of thioether (sulfide) groups is 1. The molecule has 0 N–H and O–H groups in total. The monoisotopic (exact) mass is 395 g/mol. The second-order valence-electron chi connectivity index (χ2n) is 6.41. The standard InChI is InChI=1S/C20H26FNO4S/c1-4-5-9-20(24)26-18-13-27-19(8-6-7-14(2)23)22(18)15-10-11-17(25-3)16(21)12-15/h10-13,19H,4-9H2,1-3H3. The summed E-state index contributed by atoms with van der Waals surface area (Å²) >= 11 is 1.51. The van der Waals surface area contributed by atoms with Gasteiger partial charge in [0.05, 0.1) is 12.5 Å². The quantitative estimate of drug-likeness (QED) is 0.519. The third-order valence-corrected chi connectivity index (χ3v) is 5.30. The van der Waals surface area contributed by atoms with Crippen molar-refractivity contribution >= 4 is 29.2 Å². The number of hydrogen-bond donors (Lipinski definition) is 0. The molecule has 1 aromatic rings. The molecule has 0 saturated heterocycles. The molecule has 0 spiro atoms. The summed E-state index contributed by atoms with van der Waals surface area (Å²) < 4.78 is 24.7. The van der Waals surface area contributed by atoms with Crippen molar-refractivity contribution in [2.45, 2.75) is 57.7 Å². The molecule has 1 unspecified atom stereocenters. The lowest BCUT2D eigenvalue weighted by Crippen LogP contribution is -2.30. The number of halogens is 1. The topological polar surface area (TPSA) is 55.8 Å². The highest BCUT2D eigenvalue weighted by molar-refractivity contribution is 8.03. The number of rotatable bonds is 10. The Morgan fingerprint density at radius 2 is 2.04 bits per heavy atom. The molecular weight excluding hydrogens is 369 g/mol. The summed E-state index contributed by atoms with van der Waals surface area (Å²) in [5.74, 6) is -0.0833. The summed E-state index contributed by atoms with van der Waals surface area (Å²) in [7, 11) is 1.41. The van der Waals surface area contributed by atoms with Gasteiger partial charge in [-0.15, -0.1) is 11.8 Å². The zero-order chi connectivity index (χ0) is 19.8. The second-order valence-corrected chi connectivity index (χ2v) is 7.46. The third-order valence-electron chi connectivity index (χ3n) is 4.20. The van der Waals surface area contributed by atoms with E-state index in [1.807, 2.05) is 11.8 Å². The van der Waals surface area contributed by atoms with Crippen LogP contribution in [0, 0.1) is 5.82 Å². The molecule has 0 radical (unpaired) electrons. The lowest BCUT2D eigenvalue weighted by Gasteiger charge is -2.28. The Labute approximate surface area is 163 Å². The number of Topliss-reactive ketones (excluding diaryl/α,β-unsaturated/α-hetero) is 1. The van der Waals surface area contributed by atoms with E-state index in [0.717, 1.165) is 12.8 Å². The Bertz CT molecular complexity index is 707. The average Bonchev–Trinajstić information content (AvgIpc) is 3.02. The minimum atomic E-state index is -0.481. The molecule has 148 valence electrons. The van der Waals surface area contributed by atoms with Crippen LogP contribution in [-0.2, 0) is 14.3 Å². The van der Waals surface area contributed by atoms with Gasteiger partial charge in [0.15, 0.2) is 11.6 Å². The van der Waals surface area contributed by atoms with E-state index in [2.05, 4.69) is 0 Å². The number of nitrogens with zero attached hydrogens (tertiary/aromatic N) is 1. The van der Waals surface area contributed by atoms with Gasteiger partial charge >= 0.3 is 5.97 Å². The van der Waals surface area contributed by atoms with E-state index in [0.29, 0.717) is 37.3 Å². The third kappa shape index (κ3) is 5.99. The number of methoxy groups -OCH3 is 1. The molecule has 0 aliphatic carbocycles. The average molecular weight is 395 g/mol. The number of benzene rings is 1. The highest BCUT2D eigenvalue weighted by atomic mass is 32.2. The Morgan fingerprint density at radius 3 is 2.67 bits per heavy atom. The Kier molecular flexibility index (Phi) is 8.16. The van der Waals surface area contributed by atoms with E-state index >= 15 is 0 Å². The Morgan fingerprint density at radius 1 is 1.26 bits per heavy atom. The van der Waals surface area contributed by atoms with Crippen molar-refractivity contribution in [1.29, 1.82) is 0 Å². The van der Waals surface area contributed by atoms with Gasteiger partial charge < -0.3 is 14.3 Å². The number of carbonyl (C=O) groups is 2. The van der Waals surface area contributed by atoms with Gasteiger partial charge in [-0.1, -0.05) is 13.3 Å². The van der Waals surface area contributed by atoms with Gasteiger partial charge in [-0.25, -0.2) is 4.39 Å². The minimum absolute atomic E-state index is 0.0638. The van der Waals surface area contributed by atoms with Crippen molar-refractivity contribution in [1.82, 2.24) is 0 Å². The molecule has 27 heavy (non-hydrogen) atoms. The van der Waals surface area contributed by atoms with E-state index in [1.54, 1.807) is 24.5 Å². The zero-order valence-electron chi connectivity index (χ0n) is 16.0. The van der Waals surface area contributed by atoms with Gasteiger partial charge in [0, 0.05) is 30.0 Å². The Balaban J connectivity index is 2.18. The van der Waals surface area contributed by atoms with Gasteiger partial charge in [0.25, 0.3) is 0 Å². The molecule has 2 rings (SSSR count). The number of carbonyl (C=O) groups excluding carboxylic acids is 2. The van der Waals surface area contributed by atoms with Crippen LogP contribution >= 0.6 is 11.8 Å². The molecule has 0 saturated carbocycles. The van der Waals surface area contributed by atoms with Crippen molar-refractivity contribution in [3.8, 4) is 5.75 Å². The maximum Gasteiger partial charge on any atom is 0.312 e. The number of ether oxygens (including phenoxy) is 2. The van der Waals surface area contributed by atoms with Crippen LogP contribution in [0.4, 0.5) is 10.1 Å². The largest absolute Gasteiger partial charge is 0.494 e. The highest BCUT2D eigenvalue weighted by Gasteiger charge is 2.31. The van der Waals surface area contributed by atoms with E-state index in [4.69, 9.17) is 9.47 Å². The molecule has 1 aliphatic heterocycles. The molecule has 0 fully saturated rings. The SMILES string of the molecule is CCCCC(=O)OC1=CSC(CCCC(C)=O)N1c1ccc(OC)c(F)c1. The van der Waals surface area contributed by atoms with Crippen LogP contribution in [-0.4, -0.2) is 24.2 Å². The van der Waals surface area contributed by atoms with Crippen LogP contribution in [0.5, 0.6) is 5.75 Å². The summed E-state index contributed by atoms with van der Waals surface area (Å²) in [4.78, 5) is 25.1. The molecule has 1 atom stereocenters. The van der Waals surface area contributed by atoms with Crippen LogP contribution < -0.4 is 9.64 Å². The predicted octanol–water partition coefficient (Wildman–Crippen LogP) is 5.01. The summed E-state index contributed by atoms with van der Waals surface area (Å²) in [6.07, 6.45) is 3.94. The zero-order valence-corrected chi connectivity index (χ0v) is 16.8. The predicted molar refractivity (Wildman–Crippen MR) is 105 cm³/mol. The Hall–Kier alpha value is -2.02. The fourth-order valence-corrected chi connectivity index (χ4v) is 3.86. The van der Waals surface area contributed by atoms with E-state index in [-0.39, 0.29) is 22.9 Å². The van der Waals surface area contributed by atoms with Crippen LogP contribution in [0.2, 0.25) is 0 Å². The fourth-order valence-electron chi connectivity index (χ4n) is 2.78. The molecule has 1 aromatic carbocycles. The lowest BCUT2D eigenvalue weighted by molar-refractivity contribution is -0.139. The molecule has 1 aliphatic rings. The van der Waals surface area contributed by atoms with Crippen LogP contribution in [0.25, 0.3) is 0 Å². The summed E-state index contributed by atoms with van der Waals surface area (Å²) in [6, 6.07) is 4.66. The molecular formula is C20H26FNO4S. The number of hydrogen-bond acceptors (Lipinski definition) is 6. The van der Waals surface area contributed by atoms with Crippen molar-refractivity contribution in [3.63, 3.8) is 0 Å². The molecule has 1 heterocycles. The summed E-state index contributed by atoms with van der Waals surface area (Å²) in [5.41, 5.74) is 0.584. The van der Waals surface area contributed by atoms with Crippen LogP contribution in [0.3, 0.4) is 0 Å². The fraction of sp³-hybridized carbons (Fsp3) is 0.500. The second kappa shape index (κ2) is 10.3. The van der Waals surface area contributed by atoms with Gasteiger partial charge in [-0.05, 0) is 38.3 Å². The maximum absolute atomic E-state index is 14.2. The van der Waals surface area contributed by atoms with Crippen LogP contribution in [0.1, 0.15) is 52.4 Å². The smallest absolute Gasteiger partial charge is 0.312 e. The minimum Gasteiger partial charge on any atom is -0.494 e. The first kappa shape index (κ1) is 21.3. The van der Waals surface area contributed by atoms with Gasteiger partial charge in [-0.3, -0.25) is 9.69 Å². The van der Waals surface area contributed by atoms with Gasteiger partial charge in [0.1, 0.15) is 5.78 Å². The first-order valence-electron chi connectivity index (χ1n) is 9.14. The molecule has 7 heteroatoms. The van der Waals surface area contributed by atoms with Crippen molar-refractivity contribution in [2.24, 2.45) is 0 Å². The number of anilines is 1. The van der Waals surface area contributed by atoms with E-state index in [9.17, 15) is 14.0 Å². The van der Waals surface area contributed by atoms with Gasteiger partial charge in [-0.2, -0.15) is 0 Å². The normalized spacial score (nSPS) is 16.2. The maximum atomic E-state index is 14.2. The summed E-state index contributed by atoms with van der Waals surface area (Å²) in [6.45, 7) is 3.58. The van der Waals surface area contributed by atoms with Crippen LogP contribution in [0.15, 0.2) is 29.5 Å². The van der Waals surface area contributed by atoms with E-state index < -0.39 is 5.82 Å². The lowest BCUT2D eigenvalue weighted by atomic mass is 10.1. The highest BCUT2D eigenvalue weighted by Crippen LogP contribution is 2.39. The number of unbranched alkanes of at least 4 members (excludes halogenated alkanes) is 1. The first-order chi connectivity index (χ1) is 13.0. The molecule has 0 bridgehead atoms. The number of esters is 1. The molecule has 0 aromatic heterocycles. The molecule has 5 nitrogen and oxygen atoms in total. The van der Waals surface area contributed by atoms with Gasteiger partial charge in [0.2, 0.25) is 5.88 Å². The van der Waals surface area contributed by atoms with Crippen molar-refractivity contribution < 1.29 is 23.5 Å². The van der Waals surface area contributed by atoms with E-state index in [1.165, 1.54) is 24.9 Å².